The number of carbonyl (C=O) groups excluding carboxylic acids is 1. The summed E-state index contributed by atoms with van der Waals surface area (Å²) in [4.78, 5) is 27.1. The number of amides is 1. The van der Waals surface area contributed by atoms with Gasteiger partial charge in [-0.15, -0.1) is 0 Å². The summed E-state index contributed by atoms with van der Waals surface area (Å²) in [5, 5.41) is 12.5. The second-order valence-electron chi connectivity index (χ2n) is 7.79. The number of para-hydroxylation sites is 1. The topological polar surface area (TPSA) is 75.0 Å². The van der Waals surface area contributed by atoms with E-state index in [1.54, 1.807) is 15.8 Å². The molecule has 0 radical (unpaired) electrons. The first kappa shape index (κ1) is 19.9. The van der Waals surface area contributed by atoms with E-state index in [1.807, 2.05) is 71.8 Å². The molecule has 2 aliphatic rings. The third-order valence-corrected chi connectivity index (χ3v) is 5.83. The fourth-order valence-electron chi connectivity index (χ4n) is 4.31. The lowest BCUT2D eigenvalue weighted by atomic mass is 9.97. The van der Waals surface area contributed by atoms with Crippen molar-refractivity contribution in [1.29, 1.82) is 0 Å². The summed E-state index contributed by atoms with van der Waals surface area (Å²) in [6.45, 7) is 1.17. The van der Waals surface area contributed by atoms with E-state index in [2.05, 4.69) is 0 Å². The third kappa shape index (κ3) is 3.41. The molecule has 2 bridgehead atoms. The van der Waals surface area contributed by atoms with Crippen molar-refractivity contribution >= 4 is 5.91 Å². The Morgan fingerprint density at radius 3 is 2.56 bits per heavy atom. The molecule has 7 heteroatoms. The van der Waals surface area contributed by atoms with E-state index in [0.29, 0.717) is 19.6 Å². The van der Waals surface area contributed by atoms with Crippen molar-refractivity contribution < 1.29 is 14.6 Å². The van der Waals surface area contributed by atoms with Gasteiger partial charge in [0.25, 0.3) is 5.91 Å². The minimum absolute atomic E-state index is 0.0240. The highest BCUT2D eigenvalue weighted by molar-refractivity contribution is 5.96. The van der Waals surface area contributed by atoms with Crippen molar-refractivity contribution in [1.82, 2.24) is 9.58 Å². The van der Waals surface area contributed by atoms with Crippen molar-refractivity contribution in [3.8, 4) is 11.5 Å². The van der Waals surface area contributed by atoms with Gasteiger partial charge in [0.1, 0.15) is 25.1 Å². The number of aromatic hydroxyl groups is 1. The van der Waals surface area contributed by atoms with Crippen LogP contribution in [0.15, 0.2) is 83.8 Å². The molecule has 3 aromatic rings. The highest BCUT2D eigenvalue weighted by atomic mass is 16.5. The van der Waals surface area contributed by atoms with Gasteiger partial charge in [-0.1, -0.05) is 60.7 Å². The van der Waals surface area contributed by atoms with Crippen molar-refractivity contribution in [3.05, 3.63) is 106 Å². The molecule has 3 heterocycles. The van der Waals surface area contributed by atoms with Crippen LogP contribution in [-0.2, 0) is 0 Å². The zero-order valence-electron chi connectivity index (χ0n) is 17.4. The molecule has 1 aromatic heterocycles. The summed E-state index contributed by atoms with van der Waals surface area (Å²) < 4.78 is 7.70. The molecule has 1 atom stereocenters. The molecule has 7 nitrogen and oxygen atoms in total. The van der Waals surface area contributed by atoms with E-state index in [-0.39, 0.29) is 24.3 Å². The normalized spacial score (nSPS) is 19.1. The predicted molar refractivity (Wildman–Crippen MR) is 120 cm³/mol. The van der Waals surface area contributed by atoms with Crippen LogP contribution < -0.4 is 15.2 Å². The summed E-state index contributed by atoms with van der Waals surface area (Å²) in [7, 11) is 0. The Bertz CT molecular complexity index is 1240. The van der Waals surface area contributed by atoms with Crippen molar-refractivity contribution in [2.45, 2.75) is 12.5 Å². The molecule has 5 rings (SSSR count). The fourth-order valence-corrected chi connectivity index (χ4v) is 4.31. The van der Waals surface area contributed by atoms with Gasteiger partial charge in [0.05, 0.1) is 0 Å². The number of hydrogen-bond donors (Lipinski definition) is 1. The first-order valence-electron chi connectivity index (χ1n) is 10.6. The quantitative estimate of drug-likeness (QED) is 0.602. The van der Waals surface area contributed by atoms with Crippen LogP contribution in [0, 0.1) is 0 Å². The third-order valence-electron chi connectivity index (χ3n) is 5.83. The summed E-state index contributed by atoms with van der Waals surface area (Å²) in [5.41, 5.74) is 1.32. The average Bonchev–Trinajstić information content (AvgIpc) is 2.81. The Morgan fingerprint density at radius 1 is 0.938 bits per heavy atom. The van der Waals surface area contributed by atoms with E-state index in [9.17, 15) is 14.7 Å². The molecule has 0 fully saturated rings. The van der Waals surface area contributed by atoms with Crippen LogP contribution in [0.1, 0.15) is 34.1 Å². The van der Waals surface area contributed by atoms with Gasteiger partial charge in [-0.3, -0.25) is 19.3 Å². The molecule has 0 saturated heterocycles. The Morgan fingerprint density at radius 2 is 1.72 bits per heavy atom. The number of hydrogen-bond acceptors (Lipinski definition) is 5. The Labute approximate surface area is 185 Å². The maximum absolute atomic E-state index is 13.2. The minimum Gasteiger partial charge on any atom is -0.502 e. The Kier molecular flexibility index (Phi) is 5.15. The molecule has 32 heavy (non-hydrogen) atoms. The standard InChI is InChI=1S/C25H23N3O4/c29-20-13-15-27-23(24(20)30)25(31)26-14-7-2-8-16-32-21-12-6-5-11-19(21)22(28(27)17-26)18-9-3-1-4-10-18/h1-6,8-13,15,22,30H,7,14,16-17H2/b8-2+/t22-/m0/s1. The van der Waals surface area contributed by atoms with Gasteiger partial charge in [0, 0.05) is 24.4 Å². The summed E-state index contributed by atoms with van der Waals surface area (Å²) in [6, 6.07) is 18.7. The predicted octanol–water partition coefficient (Wildman–Crippen LogP) is 3.03. The molecule has 0 aliphatic carbocycles. The fraction of sp³-hybridized carbons (Fsp3) is 0.200. The first-order valence-corrected chi connectivity index (χ1v) is 10.6. The highest BCUT2D eigenvalue weighted by Gasteiger charge is 2.37. The van der Waals surface area contributed by atoms with Gasteiger partial charge in [0.2, 0.25) is 5.43 Å². The van der Waals surface area contributed by atoms with Crippen molar-refractivity contribution in [2.75, 3.05) is 24.8 Å². The SMILES string of the molecule is O=C1c2c(O)c(=O)ccn2N2CN1CC/C=C/COc1ccccc1[C@@H]2c1ccccc1. The van der Waals surface area contributed by atoms with Crippen LogP contribution in [0.25, 0.3) is 0 Å². The van der Waals surface area contributed by atoms with E-state index >= 15 is 0 Å². The number of rotatable bonds is 1. The minimum atomic E-state index is -0.576. The molecule has 0 spiro atoms. The maximum atomic E-state index is 13.2. The van der Waals surface area contributed by atoms with E-state index in [1.165, 1.54) is 6.07 Å². The lowest BCUT2D eigenvalue weighted by Gasteiger charge is -2.44. The number of carbonyl (C=O) groups is 1. The number of benzene rings is 2. The molecule has 0 unspecified atom stereocenters. The number of nitrogens with zero attached hydrogens (tertiary/aromatic N) is 3. The van der Waals surface area contributed by atoms with Gasteiger partial charge in [0.15, 0.2) is 11.4 Å². The highest BCUT2D eigenvalue weighted by Crippen LogP contribution is 2.36. The van der Waals surface area contributed by atoms with Gasteiger partial charge in [-0.2, -0.15) is 0 Å². The van der Waals surface area contributed by atoms with Gasteiger partial charge in [-0.25, -0.2) is 0 Å². The molecule has 1 N–H and O–H groups in total. The van der Waals surface area contributed by atoms with Crippen LogP contribution >= 0.6 is 0 Å². The van der Waals surface area contributed by atoms with E-state index in [0.717, 1.165) is 16.9 Å². The molecule has 0 saturated carbocycles. The summed E-state index contributed by atoms with van der Waals surface area (Å²) in [6.07, 6.45) is 6.11. The summed E-state index contributed by atoms with van der Waals surface area (Å²) in [5.74, 6) is -0.161. The van der Waals surface area contributed by atoms with Gasteiger partial charge >= 0.3 is 0 Å². The molecule has 2 aromatic carbocycles. The second-order valence-corrected chi connectivity index (χ2v) is 7.79. The second kappa shape index (κ2) is 8.26. The Hall–Kier alpha value is -4.00. The lowest BCUT2D eigenvalue weighted by molar-refractivity contribution is 0.0682. The lowest BCUT2D eigenvalue weighted by Crippen LogP contribution is -2.55. The van der Waals surface area contributed by atoms with Crippen molar-refractivity contribution in [2.24, 2.45) is 0 Å². The van der Waals surface area contributed by atoms with Crippen LogP contribution in [0.3, 0.4) is 0 Å². The van der Waals surface area contributed by atoms with Crippen LogP contribution in [-0.4, -0.2) is 40.4 Å². The average molecular weight is 429 g/mol. The molecule has 162 valence electrons. The smallest absolute Gasteiger partial charge is 0.277 e. The van der Waals surface area contributed by atoms with Gasteiger partial charge < -0.3 is 14.7 Å². The number of ether oxygens (including phenoxy) is 1. The van der Waals surface area contributed by atoms with Crippen molar-refractivity contribution in [3.63, 3.8) is 0 Å². The van der Waals surface area contributed by atoms with E-state index < -0.39 is 11.2 Å². The summed E-state index contributed by atoms with van der Waals surface area (Å²) >= 11 is 0. The number of aromatic nitrogens is 1. The molecule has 2 aliphatic heterocycles. The van der Waals surface area contributed by atoms with Crippen LogP contribution in [0.5, 0.6) is 11.5 Å². The maximum Gasteiger partial charge on any atom is 0.277 e. The first-order chi connectivity index (χ1) is 15.6. The van der Waals surface area contributed by atoms with Crippen LogP contribution in [0.4, 0.5) is 0 Å². The largest absolute Gasteiger partial charge is 0.502 e. The van der Waals surface area contributed by atoms with Crippen LogP contribution in [0.2, 0.25) is 0 Å². The molecular formula is C25H23N3O4. The zero-order chi connectivity index (χ0) is 22.1. The Balaban J connectivity index is 1.78. The van der Waals surface area contributed by atoms with E-state index in [4.69, 9.17) is 4.74 Å². The van der Waals surface area contributed by atoms with Gasteiger partial charge in [-0.05, 0) is 18.1 Å². The molecular weight excluding hydrogens is 406 g/mol. The number of fused-ring (bicyclic) bond motifs is 5. The molecule has 1 amide bonds. The number of pyridine rings is 1. The monoisotopic (exact) mass is 429 g/mol. The zero-order valence-corrected chi connectivity index (χ0v) is 17.4.